The first kappa shape index (κ1) is 15.9. The van der Waals surface area contributed by atoms with Gasteiger partial charge in [0.1, 0.15) is 18.2 Å². The molecule has 0 aliphatic rings. The van der Waals surface area contributed by atoms with Crippen LogP contribution in [0.4, 0.5) is 10.1 Å². The van der Waals surface area contributed by atoms with Crippen molar-refractivity contribution in [2.24, 2.45) is 4.99 Å². The molecule has 3 aromatic carbocycles. The van der Waals surface area contributed by atoms with E-state index < -0.39 is 0 Å². The molecule has 0 spiro atoms. The van der Waals surface area contributed by atoms with Gasteiger partial charge in [0.15, 0.2) is 0 Å². The van der Waals surface area contributed by atoms with Crippen LogP contribution in [-0.2, 0) is 6.61 Å². The third-order valence-corrected chi connectivity index (χ3v) is 3.65. The zero-order chi connectivity index (χ0) is 16.8. The van der Waals surface area contributed by atoms with Gasteiger partial charge in [-0.1, -0.05) is 48.0 Å². The molecule has 0 fully saturated rings. The maximum Gasteiger partial charge on any atom is 0.129 e. The summed E-state index contributed by atoms with van der Waals surface area (Å²) in [6.45, 7) is 2.22. The number of aliphatic imine (C=N–C) groups is 1. The van der Waals surface area contributed by atoms with Gasteiger partial charge in [0.25, 0.3) is 0 Å². The van der Waals surface area contributed by atoms with Crippen LogP contribution in [0.15, 0.2) is 77.8 Å². The van der Waals surface area contributed by atoms with E-state index in [0.717, 1.165) is 11.3 Å². The third-order valence-electron chi connectivity index (χ3n) is 3.65. The normalized spacial score (nSPS) is 10.9. The van der Waals surface area contributed by atoms with Crippen molar-refractivity contribution in [1.82, 2.24) is 0 Å². The summed E-state index contributed by atoms with van der Waals surface area (Å²) in [5.74, 6) is 0.417. The van der Waals surface area contributed by atoms with Gasteiger partial charge in [-0.3, -0.25) is 4.99 Å². The van der Waals surface area contributed by atoms with Crippen LogP contribution in [-0.4, -0.2) is 6.21 Å². The summed E-state index contributed by atoms with van der Waals surface area (Å²) >= 11 is 0. The molecule has 0 bridgehead atoms. The SMILES string of the molecule is Cc1ccc(N=Cc2ccccc2OCc2ccccc2F)cc1. The van der Waals surface area contributed by atoms with Gasteiger partial charge in [-0.15, -0.1) is 0 Å². The Morgan fingerprint density at radius 2 is 1.62 bits per heavy atom. The van der Waals surface area contributed by atoms with Crippen LogP contribution in [0.3, 0.4) is 0 Å². The van der Waals surface area contributed by atoms with Crippen molar-refractivity contribution < 1.29 is 9.13 Å². The van der Waals surface area contributed by atoms with Gasteiger partial charge in [-0.25, -0.2) is 4.39 Å². The van der Waals surface area contributed by atoms with Crippen molar-refractivity contribution in [3.05, 3.63) is 95.3 Å². The molecule has 0 saturated carbocycles. The fourth-order valence-corrected chi connectivity index (χ4v) is 2.26. The summed E-state index contributed by atoms with van der Waals surface area (Å²) in [5.41, 5.74) is 3.46. The summed E-state index contributed by atoms with van der Waals surface area (Å²) in [7, 11) is 0. The second-order valence-electron chi connectivity index (χ2n) is 5.51. The number of hydrogen-bond donors (Lipinski definition) is 0. The Balaban J connectivity index is 1.75. The number of benzene rings is 3. The van der Waals surface area contributed by atoms with E-state index in [2.05, 4.69) is 4.99 Å². The zero-order valence-corrected chi connectivity index (χ0v) is 13.4. The predicted molar refractivity (Wildman–Crippen MR) is 95.6 cm³/mol. The van der Waals surface area contributed by atoms with Crippen LogP contribution in [0.5, 0.6) is 5.75 Å². The Bertz CT molecular complexity index is 840. The number of halogens is 1. The fourth-order valence-electron chi connectivity index (χ4n) is 2.26. The molecule has 3 heteroatoms. The highest BCUT2D eigenvalue weighted by atomic mass is 19.1. The van der Waals surface area contributed by atoms with Crippen LogP contribution in [0, 0.1) is 12.7 Å². The minimum Gasteiger partial charge on any atom is -0.488 e. The van der Waals surface area contributed by atoms with Crippen molar-refractivity contribution in [2.75, 3.05) is 0 Å². The summed E-state index contributed by atoms with van der Waals surface area (Å²) in [6, 6.07) is 22.2. The maximum atomic E-state index is 13.7. The first-order valence-electron chi connectivity index (χ1n) is 7.78. The summed E-state index contributed by atoms with van der Waals surface area (Å²) in [6.07, 6.45) is 1.77. The van der Waals surface area contributed by atoms with Crippen molar-refractivity contribution >= 4 is 11.9 Å². The first-order chi connectivity index (χ1) is 11.7. The van der Waals surface area contributed by atoms with E-state index in [1.54, 1.807) is 24.4 Å². The molecule has 0 heterocycles. The quantitative estimate of drug-likeness (QED) is 0.572. The van der Waals surface area contributed by atoms with Gasteiger partial charge in [0, 0.05) is 17.3 Å². The Labute approximate surface area is 141 Å². The van der Waals surface area contributed by atoms with Crippen molar-refractivity contribution in [3.63, 3.8) is 0 Å². The molecule has 0 N–H and O–H groups in total. The lowest BCUT2D eigenvalue weighted by molar-refractivity contribution is 0.299. The molecule has 0 aromatic heterocycles. The second-order valence-corrected chi connectivity index (χ2v) is 5.51. The Hall–Kier alpha value is -2.94. The standard InChI is InChI=1S/C21H18FNO/c1-16-10-12-19(13-11-16)23-14-17-6-3-5-9-21(17)24-15-18-7-2-4-8-20(18)22/h2-14H,15H2,1H3. The highest BCUT2D eigenvalue weighted by Crippen LogP contribution is 2.20. The van der Waals surface area contributed by atoms with Crippen LogP contribution in [0.2, 0.25) is 0 Å². The van der Waals surface area contributed by atoms with E-state index in [4.69, 9.17) is 4.74 Å². The molecule has 2 nitrogen and oxygen atoms in total. The number of aryl methyl sites for hydroxylation is 1. The van der Waals surface area contributed by atoms with Gasteiger partial charge in [0.2, 0.25) is 0 Å². The molecule has 0 radical (unpaired) electrons. The molecule has 0 unspecified atom stereocenters. The molecule has 3 aromatic rings. The van der Waals surface area contributed by atoms with Crippen LogP contribution in [0.1, 0.15) is 16.7 Å². The van der Waals surface area contributed by atoms with Gasteiger partial charge in [0.05, 0.1) is 5.69 Å². The topological polar surface area (TPSA) is 21.6 Å². The highest BCUT2D eigenvalue weighted by Gasteiger charge is 2.04. The van der Waals surface area contributed by atoms with Crippen LogP contribution < -0.4 is 4.74 Å². The zero-order valence-electron chi connectivity index (χ0n) is 13.4. The molecular formula is C21H18FNO. The number of ether oxygens (including phenoxy) is 1. The molecule has 120 valence electrons. The highest BCUT2D eigenvalue weighted by molar-refractivity contribution is 5.85. The van der Waals surface area contributed by atoms with Gasteiger partial charge in [-0.05, 0) is 37.3 Å². The average molecular weight is 319 g/mol. The largest absolute Gasteiger partial charge is 0.488 e. The lowest BCUT2D eigenvalue weighted by atomic mass is 10.2. The molecule has 3 rings (SSSR count). The Morgan fingerprint density at radius 1 is 0.917 bits per heavy atom. The van der Waals surface area contributed by atoms with E-state index >= 15 is 0 Å². The summed E-state index contributed by atoms with van der Waals surface area (Å²) in [4.78, 5) is 4.47. The maximum absolute atomic E-state index is 13.7. The predicted octanol–water partition coefficient (Wildman–Crippen LogP) is 5.46. The molecule has 0 saturated heterocycles. The smallest absolute Gasteiger partial charge is 0.129 e. The van der Waals surface area contributed by atoms with E-state index in [0.29, 0.717) is 11.3 Å². The molecular weight excluding hydrogens is 301 g/mol. The van der Waals surface area contributed by atoms with Crippen molar-refractivity contribution in [1.29, 1.82) is 0 Å². The lowest BCUT2D eigenvalue weighted by Gasteiger charge is -2.09. The van der Waals surface area contributed by atoms with Crippen LogP contribution >= 0.6 is 0 Å². The average Bonchev–Trinajstić information content (AvgIpc) is 2.61. The number of nitrogens with zero attached hydrogens (tertiary/aromatic N) is 1. The Kier molecular flexibility index (Phi) is 5.02. The minimum absolute atomic E-state index is 0.183. The third kappa shape index (κ3) is 4.07. The van der Waals surface area contributed by atoms with E-state index in [1.807, 2.05) is 55.5 Å². The monoisotopic (exact) mass is 319 g/mol. The fraction of sp³-hybridized carbons (Fsp3) is 0.0952. The number of para-hydroxylation sites is 1. The van der Waals surface area contributed by atoms with Crippen molar-refractivity contribution in [3.8, 4) is 5.75 Å². The summed E-state index contributed by atoms with van der Waals surface area (Å²) < 4.78 is 19.5. The number of rotatable bonds is 5. The molecule has 0 atom stereocenters. The molecule has 0 aliphatic heterocycles. The second kappa shape index (κ2) is 7.55. The minimum atomic E-state index is -0.261. The Morgan fingerprint density at radius 3 is 2.42 bits per heavy atom. The van der Waals surface area contributed by atoms with E-state index in [9.17, 15) is 4.39 Å². The van der Waals surface area contributed by atoms with Crippen molar-refractivity contribution in [2.45, 2.75) is 13.5 Å². The molecule has 24 heavy (non-hydrogen) atoms. The van der Waals surface area contributed by atoms with Gasteiger partial charge >= 0.3 is 0 Å². The van der Waals surface area contributed by atoms with E-state index in [-0.39, 0.29) is 12.4 Å². The molecule has 0 amide bonds. The molecule has 0 aliphatic carbocycles. The summed E-state index contributed by atoms with van der Waals surface area (Å²) in [5, 5.41) is 0. The first-order valence-corrected chi connectivity index (χ1v) is 7.78. The van der Waals surface area contributed by atoms with Gasteiger partial charge in [-0.2, -0.15) is 0 Å². The lowest BCUT2D eigenvalue weighted by Crippen LogP contribution is -2.00. The van der Waals surface area contributed by atoms with Crippen LogP contribution in [0.25, 0.3) is 0 Å². The van der Waals surface area contributed by atoms with E-state index in [1.165, 1.54) is 11.6 Å². The number of hydrogen-bond acceptors (Lipinski definition) is 2. The van der Waals surface area contributed by atoms with Gasteiger partial charge < -0.3 is 4.74 Å².